The Morgan fingerprint density at radius 1 is 1.39 bits per heavy atom. The van der Waals surface area contributed by atoms with Crippen LogP contribution in [-0.2, 0) is 6.42 Å². The van der Waals surface area contributed by atoms with E-state index in [4.69, 9.17) is 5.84 Å². The van der Waals surface area contributed by atoms with E-state index in [9.17, 15) is 4.79 Å². The molecule has 0 saturated heterocycles. The number of benzene rings is 1. The van der Waals surface area contributed by atoms with Crippen LogP contribution in [0.25, 0.3) is 5.69 Å². The van der Waals surface area contributed by atoms with Gasteiger partial charge in [-0.3, -0.25) is 9.58 Å². The first-order valence-corrected chi connectivity index (χ1v) is 5.66. The normalized spacial score (nSPS) is 10.4. The third-order valence-corrected chi connectivity index (χ3v) is 2.64. The third kappa shape index (κ3) is 2.23. The highest BCUT2D eigenvalue weighted by Crippen LogP contribution is 2.12. The molecule has 0 saturated carbocycles. The van der Waals surface area contributed by atoms with E-state index < -0.39 is 5.69 Å². The van der Waals surface area contributed by atoms with Crippen LogP contribution in [0.15, 0.2) is 35.4 Å². The minimum atomic E-state index is -0.391. The van der Waals surface area contributed by atoms with Gasteiger partial charge in [-0.05, 0) is 18.1 Å². The first-order valence-electron chi connectivity index (χ1n) is 5.66. The highest BCUT2D eigenvalue weighted by molar-refractivity contribution is 5.41. The Morgan fingerprint density at radius 3 is 2.72 bits per heavy atom. The Bertz CT molecular complexity index is 605. The molecule has 6 heteroatoms. The van der Waals surface area contributed by atoms with Crippen molar-refractivity contribution in [2.45, 2.75) is 13.3 Å². The monoisotopic (exact) mass is 245 g/mol. The molecule has 0 aliphatic heterocycles. The highest BCUT2D eigenvalue weighted by Gasteiger charge is 2.08. The lowest BCUT2D eigenvalue weighted by molar-refractivity contribution is 0.812. The number of hydrogen-bond acceptors (Lipinski definition) is 5. The largest absolute Gasteiger partial charge is 0.356 e. The lowest BCUT2D eigenvalue weighted by Gasteiger charge is -2.12. The topological polar surface area (TPSA) is 77.0 Å². The summed E-state index contributed by atoms with van der Waals surface area (Å²) < 4.78 is 1.42. The molecule has 0 atom stereocenters. The summed E-state index contributed by atoms with van der Waals surface area (Å²) in [4.78, 5) is 19.8. The van der Waals surface area contributed by atoms with E-state index in [1.54, 1.807) is 7.05 Å². The molecule has 18 heavy (non-hydrogen) atoms. The number of hydrogen-bond donors (Lipinski definition) is 1. The van der Waals surface area contributed by atoms with Crippen LogP contribution < -0.4 is 16.5 Å². The molecule has 1 heterocycles. The van der Waals surface area contributed by atoms with Gasteiger partial charge in [-0.15, -0.1) is 0 Å². The van der Waals surface area contributed by atoms with Crippen molar-refractivity contribution in [2.24, 2.45) is 5.84 Å². The molecule has 2 N–H and O–H groups in total. The minimum Gasteiger partial charge on any atom is -0.282 e. The summed E-state index contributed by atoms with van der Waals surface area (Å²) in [5, 5.41) is 1.21. The van der Waals surface area contributed by atoms with Crippen LogP contribution in [0.1, 0.15) is 12.5 Å². The molecular weight excluding hydrogens is 230 g/mol. The van der Waals surface area contributed by atoms with Crippen molar-refractivity contribution < 1.29 is 0 Å². The molecule has 94 valence electrons. The van der Waals surface area contributed by atoms with Crippen LogP contribution in [0.3, 0.4) is 0 Å². The second kappa shape index (κ2) is 4.97. The highest BCUT2D eigenvalue weighted by atomic mass is 16.1. The number of hydrazine groups is 1. The average Bonchev–Trinajstić information content (AvgIpc) is 2.38. The van der Waals surface area contributed by atoms with Gasteiger partial charge in [0.2, 0.25) is 5.95 Å². The maximum absolute atomic E-state index is 11.9. The molecule has 0 spiro atoms. The molecule has 1 aromatic carbocycles. The van der Waals surface area contributed by atoms with Gasteiger partial charge in [0.15, 0.2) is 0 Å². The van der Waals surface area contributed by atoms with Gasteiger partial charge in [-0.2, -0.15) is 4.98 Å². The molecule has 0 amide bonds. The summed E-state index contributed by atoms with van der Waals surface area (Å²) in [7, 11) is 1.58. The molecule has 0 bridgehead atoms. The summed E-state index contributed by atoms with van der Waals surface area (Å²) in [5.74, 6) is 5.69. The fourth-order valence-electron chi connectivity index (χ4n) is 1.71. The Morgan fingerprint density at radius 2 is 2.11 bits per heavy atom. The Kier molecular flexibility index (Phi) is 3.38. The van der Waals surface area contributed by atoms with Gasteiger partial charge in [-0.25, -0.2) is 15.6 Å². The number of nitrogens with zero attached hydrogens (tertiary/aromatic N) is 4. The lowest BCUT2D eigenvalue weighted by Crippen LogP contribution is -2.32. The molecule has 0 radical (unpaired) electrons. The van der Waals surface area contributed by atoms with Gasteiger partial charge in [-0.1, -0.05) is 25.1 Å². The van der Waals surface area contributed by atoms with Crippen molar-refractivity contribution in [3.05, 3.63) is 46.6 Å². The number of aryl methyl sites for hydroxylation is 1. The van der Waals surface area contributed by atoms with Gasteiger partial charge in [0.05, 0.1) is 5.69 Å². The Hall–Kier alpha value is -2.21. The predicted molar refractivity (Wildman–Crippen MR) is 69.6 cm³/mol. The molecule has 0 aliphatic rings. The van der Waals surface area contributed by atoms with Crippen molar-refractivity contribution in [3.8, 4) is 5.69 Å². The van der Waals surface area contributed by atoms with E-state index in [-0.39, 0.29) is 5.95 Å². The van der Waals surface area contributed by atoms with Gasteiger partial charge in [0, 0.05) is 7.05 Å². The molecule has 2 aromatic rings. The zero-order valence-electron chi connectivity index (χ0n) is 10.4. The lowest BCUT2D eigenvalue weighted by atomic mass is 10.1. The summed E-state index contributed by atoms with van der Waals surface area (Å²) >= 11 is 0. The Balaban J connectivity index is 2.55. The first kappa shape index (κ1) is 12.3. The minimum absolute atomic E-state index is 0.199. The van der Waals surface area contributed by atoms with Crippen LogP contribution in [0, 0.1) is 0 Å². The van der Waals surface area contributed by atoms with Gasteiger partial charge in [0.25, 0.3) is 0 Å². The Labute approximate surface area is 105 Å². The fourth-order valence-corrected chi connectivity index (χ4v) is 1.71. The summed E-state index contributed by atoms with van der Waals surface area (Å²) in [6.07, 6.45) is 2.28. The fraction of sp³-hybridized carbons (Fsp3) is 0.250. The molecule has 1 aromatic heterocycles. The molecular formula is C12H15N5O. The molecule has 2 rings (SSSR count). The average molecular weight is 245 g/mol. The van der Waals surface area contributed by atoms with E-state index in [0.29, 0.717) is 0 Å². The molecule has 0 aliphatic carbocycles. The number of para-hydroxylation sites is 1. The number of aromatic nitrogens is 3. The quantitative estimate of drug-likeness (QED) is 0.629. The summed E-state index contributed by atoms with van der Waals surface area (Å²) in [5.41, 5.74) is 1.48. The molecule has 6 nitrogen and oxygen atoms in total. The summed E-state index contributed by atoms with van der Waals surface area (Å²) in [6.45, 7) is 2.03. The van der Waals surface area contributed by atoms with Crippen LogP contribution in [-0.4, -0.2) is 21.6 Å². The second-order valence-electron chi connectivity index (χ2n) is 3.90. The molecule has 0 fully saturated rings. The number of rotatable bonds is 3. The second-order valence-corrected chi connectivity index (χ2v) is 3.90. The standard InChI is InChI=1S/C12H15N5O/c1-3-9-6-4-5-7-10(9)17-8-14-11(16(2)13)15-12(17)18/h4-8H,3,13H2,1-2H3. The third-order valence-electron chi connectivity index (χ3n) is 2.64. The first-order chi connectivity index (χ1) is 8.63. The maximum Gasteiger partial charge on any atom is 0.356 e. The van der Waals surface area contributed by atoms with Crippen LogP contribution in [0.4, 0.5) is 5.95 Å². The summed E-state index contributed by atoms with van der Waals surface area (Å²) in [6, 6.07) is 7.67. The SMILES string of the molecule is CCc1ccccc1-n1cnc(N(C)N)nc1=O. The van der Waals surface area contributed by atoms with E-state index in [1.165, 1.54) is 15.9 Å². The van der Waals surface area contributed by atoms with Crippen LogP contribution >= 0.6 is 0 Å². The van der Waals surface area contributed by atoms with Crippen molar-refractivity contribution in [1.82, 2.24) is 14.5 Å². The van der Waals surface area contributed by atoms with Crippen molar-refractivity contribution >= 4 is 5.95 Å². The van der Waals surface area contributed by atoms with Gasteiger partial charge in [0.1, 0.15) is 6.33 Å². The van der Waals surface area contributed by atoms with Crippen molar-refractivity contribution in [1.29, 1.82) is 0 Å². The number of anilines is 1. The smallest absolute Gasteiger partial charge is 0.282 e. The van der Waals surface area contributed by atoms with Crippen LogP contribution in [0.2, 0.25) is 0 Å². The van der Waals surface area contributed by atoms with Crippen molar-refractivity contribution in [2.75, 3.05) is 12.1 Å². The van der Waals surface area contributed by atoms with E-state index >= 15 is 0 Å². The van der Waals surface area contributed by atoms with E-state index in [2.05, 4.69) is 9.97 Å². The zero-order valence-corrected chi connectivity index (χ0v) is 10.4. The van der Waals surface area contributed by atoms with E-state index in [1.807, 2.05) is 31.2 Å². The van der Waals surface area contributed by atoms with Gasteiger partial charge < -0.3 is 0 Å². The predicted octanol–water partition coefficient (Wildman–Crippen LogP) is 0.500. The molecule has 0 unspecified atom stereocenters. The van der Waals surface area contributed by atoms with Crippen LogP contribution in [0.5, 0.6) is 0 Å². The van der Waals surface area contributed by atoms with E-state index in [0.717, 1.165) is 17.7 Å². The zero-order chi connectivity index (χ0) is 13.1. The van der Waals surface area contributed by atoms with Crippen molar-refractivity contribution in [3.63, 3.8) is 0 Å². The van der Waals surface area contributed by atoms with Gasteiger partial charge >= 0.3 is 5.69 Å². The number of nitrogens with two attached hydrogens (primary N) is 1. The maximum atomic E-state index is 11.9.